The van der Waals surface area contributed by atoms with Gasteiger partial charge in [-0.3, -0.25) is 4.90 Å². The average molecular weight is 341 g/mol. The van der Waals surface area contributed by atoms with Crippen LogP contribution in [0.15, 0.2) is 0 Å². The molecule has 0 bridgehead atoms. The molecule has 2 aliphatic heterocycles. The highest BCUT2D eigenvalue weighted by Crippen LogP contribution is 2.30. The van der Waals surface area contributed by atoms with Crippen LogP contribution in [0.25, 0.3) is 0 Å². The molecule has 6 heteroatoms. The third kappa shape index (κ3) is 5.60. The number of likely N-dealkylation sites (tertiary alicyclic amines) is 2. The van der Waals surface area contributed by atoms with Crippen LogP contribution >= 0.6 is 0 Å². The van der Waals surface area contributed by atoms with Gasteiger partial charge in [0, 0.05) is 18.6 Å². The number of piperidine rings is 2. The van der Waals surface area contributed by atoms with E-state index in [1.165, 1.54) is 19.3 Å². The lowest BCUT2D eigenvalue weighted by molar-refractivity contribution is 0.0161. The number of nitrogens with zero attached hydrogens (tertiary/aromatic N) is 2. The van der Waals surface area contributed by atoms with Crippen LogP contribution in [-0.4, -0.2) is 78.9 Å². The van der Waals surface area contributed by atoms with E-state index in [0.717, 1.165) is 51.9 Å². The van der Waals surface area contributed by atoms with E-state index in [-0.39, 0.29) is 11.6 Å². The van der Waals surface area contributed by atoms with Crippen molar-refractivity contribution in [3.05, 3.63) is 0 Å². The second kappa shape index (κ2) is 9.59. The Morgan fingerprint density at radius 2 is 1.79 bits per heavy atom. The maximum absolute atomic E-state index is 12.1. The Balaban J connectivity index is 1.85. The van der Waals surface area contributed by atoms with E-state index in [0.29, 0.717) is 13.1 Å². The number of aliphatic hydroxyl groups excluding tert-OH is 1. The van der Waals surface area contributed by atoms with E-state index in [1.807, 2.05) is 6.92 Å². The van der Waals surface area contributed by atoms with Gasteiger partial charge in [0.2, 0.25) is 0 Å². The molecule has 0 radical (unpaired) electrons. The molecule has 2 amide bonds. The molecule has 2 fully saturated rings. The number of rotatable bonds is 7. The zero-order chi connectivity index (χ0) is 17.4. The van der Waals surface area contributed by atoms with Gasteiger partial charge in [-0.2, -0.15) is 0 Å². The molecule has 0 spiro atoms. The Morgan fingerprint density at radius 1 is 1.12 bits per heavy atom. The summed E-state index contributed by atoms with van der Waals surface area (Å²) in [5.41, 5.74) is 0.103. The summed E-state index contributed by atoms with van der Waals surface area (Å²) < 4.78 is 0. The maximum atomic E-state index is 12.1. The Morgan fingerprint density at radius 3 is 2.42 bits per heavy atom. The van der Waals surface area contributed by atoms with Crippen molar-refractivity contribution >= 4 is 6.03 Å². The summed E-state index contributed by atoms with van der Waals surface area (Å²) in [6, 6.07) is -0.152. The minimum Gasteiger partial charge on any atom is -0.391 e. The monoisotopic (exact) mass is 340 g/mol. The van der Waals surface area contributed by atoms with Crippen LogP contribution in [-0.2, 0) is 0 Å². The SMILES string of the molecule is CCCC(O)CNC(=O)NCC1(N2CCCCC2)CCN(C)CC1. The van der Waals surface area contributed by atoms with Crippen LogP contribution in [0.4, 0.5) is 4.79 Å². The largest absolute Gasteiger partial charge is 0.391 e. The van der Waals surface area contributed by atoms with Crippen molar-refractivity contribution in [2.45, 2.75) is 63.5 Å². The fourth-order valence-corrected chi connectivity index (χ4v) is 3.96. The van der Waals surface area contributed by atoms with Crippen molar-refractivity contribution in [2.24, 2.45) is 0 Å². The fourth-order valence-electron chi connectivity index (χ4n) is 3.96. The summed E-state index contributed by atoms with van der Waals surface area (Å²) in [5, 5.41) is 15.6. The predicted molar refractivity (Wildman–Crippen MR) is 97.2 cm³/mol. The third-order valence-corrected chi connectivity index (χ3v) is 5.64. The van der Waals surface area contributed by atoms with Crippen molar-refractivity contribution in [3.8, 4) is 0 Å². The number of amides is 2. The molecule has 1 atom stereocenters. The molecule has 0 aliphatic carbocycles. The summed E-state index contributed by atoms with van der Waals surface area (Å²) in [6.45, 7) is 7.57. The molecule has 24 heavy (non-hydrogen) atoms. The van der Waals surface area contributed by atoms with Gasteiger partial charge in [-0.1, -0.05) is 19.8 Å². The first-order valence-corrected chi connectivity index (χ1v) is 9.69. The summed E-state index contributed by atoms with van der Waals surface area (Å²) in [5.74, 6) is 0. The topological polar surface area (TPSA) is 67.8 Å². The van der Waals surface area contributed by atoms with Crippen molar-refractivity contribution < 1.29 is 9.90 Å². The third-order valence-electron chi connectivity index (χ3n) is 5.64. The first-order chi connectivity index (χ1) is 11.6. The minimum atomic E-state index is -0.444. The van der Waals surface area contributed by atoms with Gasteiger partial charge in [-0.25, -0.2) is 4.79 Å². The van der Waals surface area contributed by atoms with E-state index in [2.05, 4.69) is 27.5 Å². The standard InChI is InChI=1S/C18H36N4O2/c1-3-7-16(23)14-19-17(24)20-15-18(8-12-21(2)13-9-18)22-10-5-4-6-11-22/h16,23H,3-15H2,1-2H3,(H2,19,20,24). The lowest BCUT2D eigenvalue weighted by Gasteiger charge is -2.50. The molecule has 3 N–H and O–H groups in total. The van der Waals surface area contributed by atoms with Crippen molar-refractivity contribution in [2.75, 3.05) is 46.3 Å². The smallest absolute Gasteiger partial charge is 0.314 e. The summed E-state index contributed by atoms with van der Waals surface area (Å²) in [6.07, 6.45) is 7.31. The summed E-state index contributed by atoms with van der Waals surface area (Å²) in [4.78, 5) is 17.1. The number of hydrogen-bond donors (Lipinski definition) is 3. The van der Waals surface area contributed by atoms with Crippen LogP contribution in [0.3, 0.4) is 0 Å². The number of hydrogen-bond acceptors (Lipinski definition) is 4. The molecule has 2 rings (SSSR count). The molecule has 1 unspecified atom stereocenters. The van der Waals surface area contributed by atoms with Gasteiger partial charge in [0.1, 0.15) is 0 Å². The average Bonchev–Trinajstić information content (AvgIpc) is 2.61. The predicted octanol–water partition coefficient (Wildman–Crippen LogP) is 1.40. The number of nitrogens with one attached hydrogen (secondary N) is 2. The lowest BCUT2D eigenvalue weighted by atomic mass is 9.84. The van der Waals surface area contributed by atoms with Crippen LogP contribution < -0.4 is 10.6 Å². The molecule has 2 heterocycles. The van der Waals surface area contributed by atoms with E-state index in [1.54, 1.807) is 0 Å². The maximum Gasteiger partial charge on any atom is 0.314 e. The summed E-state index contributed by atoms with van der Waals surface area (Å²) in [7, 11) is 2.18. The number of carbonyl (C=O) groups is 1. The van der Waals surface area contributed by atoms with Crippen LogP contribution in [0.1, 0.15) is 51.9 Å². The van der Waals surface area contributed by atoms with Gasteiger partial charge < -0.3 is 20.6 Å². The molecule has 2 saturated heterocycles. The van der Waals surface area contributed by atoms with E-state index in [4.69, 9.17) is 0 Å². The van der Waals surface area contributed by atoms with E-state index in [9.17, 15) is 9.90 Å². The van der Waals surface area contributed by atoms with Gasteiger partial charge in [-0.05, 0) is 65.3 Å². The molecular weight excluding hydrogens is 304 g/mol. The fraction of sp³-hybridized carbons (Fsp3) is 0.944. The molecule has 0 aromatic heterocycles. The van der Waals surface area contributed by atoms with Gasteiger partial charge >= 0.3 is 6.03 Å². The number of carbonyl (C=O) groups excluding carboxylic acids is 1. The minimum absolute atomic E-state index is 0.103. The highest BCUT2D eigenvalue weighted by atomic mass is 16.3. The van der Waals surface area contributed by atoms with Gasteiger partial charge in [0.15, 0.2) is 0 Å². The van der Waals surface area contributed by atoms with Crippen LogP contribution in [0, 0.1) is 0 Å². The Labute approximate surface area is 147 Å². The lowest BCUT2D eigenvalue weighted by Crippen LogP contribution is -2.62. The zero-order valence-corrected chi connectivity index (χ0v) is 15.5. The summed E-state index contributed by atoms with van der Waals surface area (Å²) >= 11 is 0. The highest BCUT2D eigenvalue weighted by molar-refractivity contribution is 5.73. The van der Waals surface area contributed by atoms with E-state index < -0.39 is 6.10 Å². The van der Waals surface area contributed by atoms with Crippen molar-refractivity contribution in [1.29, 1.82) is 0 Å². The van der Waals surface area contributed by atoms with Gasteiger partial charge in [0.25, 0.3) is 0 Å². The molecule has 2 aliphatic rings. The van der Waals surface area contributed by atoms with E-state index >= 15 is 0 Å². The van der Waals surface area contributed by atoms with Crippen LogP contribution in [0.5, 0.6) is 0 Å². The first-order valence-electron chi connectivity index (χ1n) is 9.69. The molecule has 0 aromatic rings. The normalized spacial score (nSPS) is 23.6. The molecule has 140 valence electrons. The zero-order valence-electron chi connectivity index (χ0n) is 15.5. The Kier molecular flexibility index (Phi) is 7.78. The molecular formula is C18H36N4O2. The van der Waals surface area contributed by atoms with Gasteiger partial charge in [0.05, 0.1) is 6.10 Å². The Bertz CT molecular complexity index is 377. The number of urea groups is 1. The van der Waals surface area contributed by atoms with Gasteiger partial charge in [-0.15, -0.1) is 0 Å². The molecule has 0 saturated carbocycles. The van der Waals surface area contributed by atoms with Crippen molar-refractivity contribution in [3.63, 3.8) is 0 Å². The molecule has 0 aromatic carbocycles. The second-order valence-corrected chi connectivity index (χ2v) is 7.58. The Hall–Kier alpha value is -0.850. The van der Waals surface area contributed by atoms with Crippen LogP contribution in [0.2, 0.25) is 0 Å². The highest BCUT2D eigenvalue weighted by Gasteiger charge is 2.39. The molecule has 6 nitrogen and oxygen atoms in total. The second-order valence-electron chi connectivity index (χ2n) is 7.58. The quantitative estimate of drug-likeness (QED) is 0.655. The number of aliphatic hydroxyl groups is 1. The van der Waals surface area contributed by atoms with Crippen molar-refractivity contribution in [1.82, 2.24) is 20.4 Å². The first kappa shape index (κ1) is 19.5.